The first-order valence-corrected chi connectivity index (χ1v) is 13.3. The predicted octanol–water partition coefficient (Wildman–Crippen LogP) is 7.07. The highest BCUT2D eigenvalue weighted by atomic mass is 16.4. The Labute approximate surface area is 216 Å². The Morgan fingerprint density at radius 3 is 2.05 bits per heavy atom. The Morgan fingerprint density at radius 2 is 1.41 bits per heavy atom. The number of rotatable bonds is 13. The lowest BCUT2D eigenvalue weighted by Crippen LogP contribution is -2.03. The van der Waals surface area contributed by atoms with E-state index in [-0.39, 0.29) is 33.8 Å². The second-order valence-corrected chi connectivity index (χ2v) is 9.84. The summed E-state index contributed by atoms with van der Waals surface area (Å²) in [6.07, 6.45) is 12.0. The minimum atomic E-state index is -0.635. The zero-order valence-corrected chi connectivity index (χ0v) is 21.4. The molecule has 0 amide bonds. The van der Waals surface area contributed by atoms with Crippen molar-refractivity contribution >= 4 is 21.9 Å². The maximum atomic E-state index is 13.2. The lowest BCUT2D eigenvalue weighted by molar-refractivity contribution is 0.282. The van der Waals surface area contributed by atoms with Crippen LogP contribution in [-0.4, -0.2) is 27.0 Å². The number of phenolic OH excluding ortho intramolecular Hbond substituents is 2. The summed E-state index contributed by atoms with van der Waals surface area (Å²) in [5.41, 5.74) is 0.704. The van der Waals surface area contributed by atoms with Gasteiger partial charge in [-0.1, -0.05) is 51.4 Å². The third-order valence-corrected chi connectivity index (χ3v) is 6.96. The van der Waals surface area contributed by atoms with Gasteiger partial charge >= 0.3 is 0 Å². The van der Waals surface area contributed by atoms with Crippen LogP contribution in [0.2, 0.25) is 0 Å². The van der Waals surface area contributed by atoms with Crippen LogP contribution in [0, 0.1) is 6.92 Å². The average molecular weight is 509 g/mol. The molecule has 7 heteroatoms. The van der Waals surface area contributed by atoms with E-state index in [1.807, 2.05) is 0 Å². The fourth-order valence-corrected chi connectivity index (χ4v) is 4.82. The van der Waals surface area contributed by atoms with E-state index in [1.165, 1.54) is 44.2 Å². The number of aromatic hydroxyl groups is 3. The van der Waals surface area contributed by atoms with Crippen LogP contribution >= 0.6 is 0 Å². The van der Waals surface area contributed by atoms with Crippen molar-refractivity contribution in [3.05, 3.63) is 51.9 Å². The van der Waals surface area contributed by atoms with E-state index >= 15 is 0 Å². The third-order valence-electron chi connectivity index (χ3n) is 6.96. The summed E-state index contributed by atoms with van der Waals surface area (Å²) in [4.78, 5) is 13.2. The first-order chi connectivity index (χ1) is 17.9. The van der Waals surface area contributed by atoms with Crippen molar-refractivity contribution in [2.45, 2.75) is 77.6 Å². The van der Waals surface area contributed by atoms with Crippen LogP contribution in [0.15, 0.2) is 44.0 Å². The molecule has 2 aromatic heterocycles. The summed E-state index contributed by atoms with van der Waals surface area (Å²) in [5, 5.41) is 40.4. The molecule has 0 unspecified atom stereocenters. The van der Waals surface area contributed by atoms with Gasteiger partial charge in [-0.05, 0) is 49.6 Å². The van der Waals surface area contributed by atoms with Crippen LogP contribution in [-0.2, 0) is 6.42 Å². The smallest absolute Gasteiger partial charge is 0.238 e. The van der Waals surface area contributed by atoms with Crippen LogP contribution < -0.4 is 5.43 Å². The number of fused-ring (bicyclic) bond motifs is 3. The van der Waals surface area contributed by atoms with Crippen LogP contribution in [0.1, 0.15) is 75.5 Å². The highest BCUT2D eigenvalue weighted by Crippen LogP contribution is 2.38. The minimum absolute atomic E-state index is 0.0312. The van der Waals surface area contributed by atoms with Crippen molar-refractivity contribution in [1.29, 1.82) is 0 Å². The summed E-state index contributed by atoms with van der Waals surface area (Å²) in [6, 6.07) is 7.76. The molecule has 0 radical (unpaired) electrons. The van der Waals surface area contributed by atoms with Gasteiger partial charge in [-0.25, -0.2) is 0 Å². The van der Waals surface area contributed by atoms with Gasteiger partial charge in [0.25, 0.3) is 0 Å². The lowest BCUT2D eigenvalue weighted by Gasteiger charge is -2.08. The molecule has 4 rings (SSSR count). The van der Waals surface area contributed by atoms with Gasteiger partial charge in [0, 0.05) is 24.7 Å². The highest BCUT2D eigenvalue weighted by molar-refractivity contribution is 6.06. The van der Waals surface area contributed by atoms with Gasteiger partial charge in [-0.15, -0.1) is 0 Å². The summed E-state index contributed by atoms with van der Waals surface area (Å²) in [6.45, 7) is 2.00. The van der Waals surface area contributed by atoms with Crippen molar-refractivity contribution in [1.82, 2.24) is 0 Å². The number of phenols is 2. The molecular formula is C30H36O7. The van der Waals surface area contributed by atoms with E-state index in [0.29, 0.717) is 35.3 Å². The van der Waals surface area contributed by atoms with E-state index in [0.717, 1.165) is 32.1 Å². The molecule has 198 valence electrons. The molecule has 2 aromatic carbocycles. The molecule has 4 aromatic rings. The van der Waals surface area contributed by atoms with Crippen molar-refractivity contribution in [2.24, 2.45) is 0 Å². The third kappa shape index (κ3) is 6.10. The van der Waals surface area contributed by atoms with Crippen molar-refractivity contribution in [2.75, 3.05) is 6.61 Å². The van der Waals surface area contributed by atoms with Crippen LogP contribution in [0.25, 0.3) is 33.3 Å². The molecule has 0 atom stereocenters. The Kier molecular flexibility index (Phi) is 8.77. The number of aliphatic hydroxyl groups excluding tert-OH is 1. The van der Waals surface area contributed by atoms with E-state index in [9.17, 15) is 20.1 Å². The first kappa shape index (κ1) is 26.6. The van der Waals surface area contributed by atoms with E-state index in [4.69, 9.17) is 13.9 Å². The molecule has 0 aliphatic heterocycles. The number of unbranched alkanes of at least 4 members (excludes halogenated alkanes) is 9. The van der Waals surface area contributed by atoms with Crippen LogP contribution in [0.4, 0.5) is 0 Å². The zero-order valence-electron chi connectivity index (χ0n) is 21.4. The van der Waals surface area contributed by atoms with Gasteiger partial charge in [0.15, 0.2) is 11.3 Å². The molecule has 0 saturated heterocycles. The van der Waals surface area contributed by atoms with Gasteiger partial charge < -0.3 is 29.3 Å². The highest BCUT2D eigenvalue weighted by Gasteiger charge is 2.22. The molecule has 0 aliphatic rings. The summed E-state index contributed by atoms with van der Waals surface area (Å²) < 4.78 is 11.9. The van der Waals surface area contributed by atoms with Gasteiger partial charge in [0.05, 0.1) is 5.39 Å². The SMILES string of the molecule is Cc1cc(-c2oc3cc(O)c4cc(CCCCCCCCCCCCO)oc4c3c(=O)c2O)ccc1O. The van der Waals surface area contributed by atoms with E-state index in [2.05, 4.69) is 0 Å². The largest absolute Gasteiger partial charge is 0.508 e. The molecule has 37 heavy (non-hydrogen) atoms. The molecule has 0 saturated carbocycles. The van der Waals surface area contributed by atoms with Crippen LogP contribution in [0.5, 0.6) is 17.2 Å². The molecule has 2 heterocycles. The zero-order chi connectivity index (χ0) is 26.4. The number of hydrogen-bond donors (Lipinski definition) is 4. The molecule has 4 N–H and O–H groups in total. The molecule has 0 spiro atoms. The van der Waals surface area contributed by atoms with E-state index < -0.39 is 11.2 Å². The Balaban J connectivity index is 1.44. The summed E-state index contributed by atoms with van der Waals surface area (Å²) >= 11 is 0. The molecular weight excluding hydrogens is 472 g/mol. The van der Waals surface area contributed by atoms with Gasteiger partial charge in [0.1, 0.15) is 28.2 Å². The topological polar surface area (TPSA) is 124 Å². The Bertz CT molecular complexity index is 1410. The van der Waals surface area contributed by atoms with E-state index in [1.54, 1.807) is 25.1 Å². The standard InChI is InChI=1S/C30H36O7/c1-19-16-20(13-14-23(19)32)29-28(35)27(34)26-25(37-29)18-24(33)22-17-21(36-30(22)26)12-10-8-6-4-2-3-5-7-9-11-15-31/h13-14,16-18,31-33,35H,2-12,15H2,1H3. The number of aryl methyl sites for hydroxylation is 2. The van der Waals surface area contributed by atoms with Crippen molar-refractivity contribution < 1.29 is 29.3 Å². The van der Waals surface area contributed by atoms with Crippen molar-refractivity contribution in [3.63, 3.8) is 0 Å². The monoisotopic (exact) mass is 508 g/mol. The average Bonchev–Trinajstić information content (AvgIpc) is 3.31. The van der Waals surface area contributed by atoms with Gasteiger partial charge in [0.2, 0.25) is 11.2 Å². The van der Waals surface area contributed by atoms with Gasteiger partial charge in [-0.2, -0.15) is 0 Å². The Hall–Kier alpha value is -3.45. The lowest BCUT2D eigenvalue weighted by atomic mass is 10.0. The minimum Gasteiger partial charge on any atom is -0.508 e. The number of benzene rings is 2. The second-order valence-electron chi connectivity index (χ2n) is 9.84. The molecule has 0 bridgehead atoms. The first-order valence-electron chi connectivity index (χ1n) is 13.3. The molecule has 0 aliphatic carbocycles. The van der Waals surface area contributed by atoms with Crippen molar-refractivity contribution in [3.8, 4) is 28.6 Å². The second kappa shape index (κ2) is 12.2. The molecule has 7 nitrogen and oxygen atoms in total. The maximum Gasteiger partial charge on any atom is 0.238 e. The number of furan rings is 1. The quantitative estimate of drug-likeness (QED) is 0.142. The number of aliphatic hydroxyl groups is 1. The van der Waals surface area contributed by atoms with Gasteiger partial charge in [-0.3, -0.25) is 4.79 Å². The number of hydrogen-bond acceptors (Lipinski definition) is 7. The summed E-state index contributed by atoms with van der Waals surface area (Å²) in [5.74, 6) is 0.142. The predicted molar refractivity (Wildman–Crippen MR) is 144 cm³/mol. The normalized spacial score (nSPS) is 11.6. The fourth-order valence-electron chi connectivity index (χ4n) is 4.82. The van der Waals surface area contributed by atoms with Crippen LogP contribution in [0.3, 0.4) is 0 Å². The summed E-state index contributed by atoms with van der Waals surface area (Å²) in [7, 11) is 0. The fraction of sp³-hybridized carbons (Fsp3) is 0.433. The molecule has 0 fully saturated rings. The Morgan fingerprint density at radius 1 is 0.757 bits per heavy atom. The maximum absolute atomic E-state index is 13.2.